The van der Waals surface area contributed by atoms with E-state index in [-0.39, 0.29) is 12.1 Å². The highest BCUT2D eigenvalue weighted by molar-refractivity contribution is 5.81. The largest absolute Gasteiger partial charge is 0.340 e. The molecule has 0 bridgehead atoms. The van der Waals surface area contributed by atoms with Gasteiger partial charge in [-0.2, -0.15) is 0 Å². The highest BCUT2D eigenvalue weighted by Crippen LogP contribution is 2.22. The molecule has 1 aromatic heterocycles. The summed E-state index contributed by atoms with van der Waals surface area (Å²) in [6, 6.07) is 13.8. The fourth-order valence-electron chi connectivity index (χ4n) is 2.40. The fraction of sp³-hybridized carbons (Fsp3) is 0.125. The van der Waals surface area contributed by atoms with E-state index < -0.39 is 11.6 Å². The summed E-state index contributed by atoms with van der Waals surface area (Å²) in [4.78, 5) is 0. The van der Waals surface area contributed by atoms with Crippen molar-refractivity contribution in [1.29, 1.82) is 0 Å². The smallest absolute Gasteiger partial charge is 0.131 e. The van der Waals surface area contributed by atoms with E-state index in [0.29, 0.717) is 0 Å². The van der Waals surface area contributed by atoms with Crippen molar-refractivity contribution < 1.29 is 8.78 Å². The number of rotatable bonds is 2. The third-order valence-corrected chi connectivity index (χ3v) is 3.40. The van der Waals surface area contributed by atoms with Gasteiger partial charge in [0.05, 0.1) is 6.54 Å². The van der Waals surface area contributed by atoms with Gasteiger partial charge in [0.15, 0.2) is 0 Å². The van der Waals surface area contributed by atoms with Crippen LogP contribution in [-0.2, 0) is 6.54 Å². The lowest BCUT2D eigenvalue weighted by Crippen LogP contribution is -2.05. The van der Waals surface area contributed by atoms with Crippen LogP contribution >= 0.6 is 0 Å². The number of nitrogens with zero attached hydrogens (tertiary/aromatic N) is 1. The zero-order chi connectivity index (χ0) is 13.4. The molecule has 96 valence electrons. The van der Waals surface area contributed by atoms with Crippen molar-refractivity contribution >= 4 is 10.9 Å². The van der Waals surface area contributed by atoms with Crippen molar-refractivity contribution in [2.75, 3.05) is 0 Å². The maximum absolute atomic E-state index is 13.7. The van der Waals surface area contributed by atoms with Crippen LogP contribution in [0, 0.1) is 18.6 Å². The normalized spacial score (nSPS) is 11.1. The van der Waals surface area contributed by atoms with Crippen LogP contribution in [0.25, 0.3) is 10.9 Å². The minimum Gasteiger partial charge on any atom is -0.340 e. The van der Waals surface area contributed by atoms with Gasteiger partial charge in [0.1, 0.15) is 11.6 Å². The predicted molar refractivity (Wildman–Crippen MR) is 72.1 cm³/mol. The number of aryl methyl sites for hydroxylation is 1. The van der Waals surface area contributed by atoms with E-state index >= 15 is 0 Å². The first kappa shape index (κ1) is 11.9. The van der Waals surface area contributed by atoms with Crippen LogP contribution in [0.5, 0.6) is 0 Å². The molecule has 0 fully saturated rings. The molecular weight excluding hydrogens is 244 g/mol. The molecule has 0 radical (unpaired) electrons. The molecule has 0 aliphatic rings. The molecule has 0 N–H and O–H groups in total. The van der Waals surface area contributed by atoms with Crippen LogP contribution in [0.1, 0.15) is 11.3 Å². The molecule has 0 atom stereocenters. The lowest BCUT2D eigenvalue weighted by molar-refractivity contribution is 0.545. The third kappa shape index (κ3) is 2.01. The van der Waals surface area contributed by atoms with Gasteiger partial charge in [-0.3, -0.25) is 0 Å². The predicted octanol–water partition coefficient (Wildman–Crippen LogP) is 4.28. The topological polar surface area (TPSA) is 4.93 Å². The molecule has 3 heteroatoms. The van der Waals surface area contributed by atoms with Crippen LogP contribution in [0.15, 0.2) is 48.5 Å². The molecule has 19 heavy (non-hydrogen) atoms. The summed E-state index contributed by atoms with van der Waals surface area (Å²) in [7, 11) is 0. The Hall–Kier alpha value is -2.16. The highest BCUT2D eigenvalue weighted by Gasteiger charge is 2.12. The minimum absolute atomic E-state index is 0.104. The standard InChI is InChI=1S/C16H13F2N/c1-11-9-12-5-2-3-8-16(12)19(11)10-13-14(17)6-4-7-15(13)18/h2-9H,10H2,1H3. The van der Waals surface area contributed by atoms with Crippen molar-refractivity contribution in [3.8, 4) is 0 Å². The number of para-hydroxylation sites is 1. The number of benzene rings is 2. The maximum Gasteiger partial charge on any atom is 0.131 e. The monoisotopic (exact) mass is 257 g/mol. The average Bonchev–Trinajstić information content (AvgIpc) is 2.70. The molecule has 1 heterocycles. The molecule has 2 aromatic carbocycles. The number of halogens is 2. The Bertz CT molecular complexity index is 723. The van der Waals surface area contributed by atoms with Crippen molar-refractivity contribution in [3.05, 3.63) is 71.4 Å². The van der Waals surface area contributed by atoms with Gasteiger partial charge >= 0.3 is 0 Å². The lowest BCUT2D eigenvalue weighted by atomic mass is 10.2. The Labute approximate surface area is 110 Å². The van der Waals surface area contributed by atoms with Gasteiger partial charge in [0.25, 0.3) is 0 Å². The Morgan fingerprint density at radius 1 is 0.947 bits per heavy atom. The van der Waals surface area contributed by atoms with Crippen LogP contribution in [-0.4, -0.2) is 4.57 Å². The van der Waals surface area contributed by atoms with E-state index in [1.807, 2.05) is 41.8 Å². The molecule has 0 spiro atoms. The molecule has 1 nitrogen and oxygen atoms in total. The summed E-state index contributed by atoms with van der Waals surface area (Å²) in [5.41, 5.74) is 2.08. The number of fused-ring (bicyclic) bond motifs is 1. The zero-order valence-corrected chi connectivity index (χ0v) is 10.5. The Morgan fingerprint density at radius 2 is 1.63 bits per heavy atom. The van der Waals surface area contributed by atoms with E-state index in [1.165, 1.54) is 18.2 Å². The van der Waals surface area contributed by atoms with Gasteiger partial charge in [0.2, 0.25) is 0 Å². The van der Waals surface area contributed by atoms with Gasteiger partial charge in [-0.05, 0) is 36.6 Å². The molecule has 0 amide bonds. The van der Waals surface area contributed by atoms with E-state index in [2.05, 4.69) is 0 Å². The van der Waals surface area contributed by atoms with Gasteiger partial charge in [-0.15, -0.1) is 0 Å². The number of aromatic nitrogens is 1. The molecular formula is C16H13F2N. The molecule has 3 rings (SSSR count). The first-order valence-corrected chi connectivity index (χ1v) is 6.14. The fourth-order valence-corrected chi connectivity index (χ4v) is 2.40. The van der Waals surface area contributed by atoms with Gasteiger partial charge in [-0.1, -0.05) is 24.3 Å². The van der Waals surface area contributed by atoms with Crippen molar-refractivity contribution in [2.45, 2.75) is 13.5 Å². The van der Waals surface area contributed by atoms with Crippen molar-refractivity contribution in [2.24, 2.45) is 0 Å². The molecule has 0 aliphatic heterocycles. The second-order valence-corrected chi connectivity index (χ2v) is 4.63. The SMILES string of the molecule is Cc1cc2ccccc2n1Cc1c(F)cccc1F. The summed E-state index contributed by atoms with van der Waals surface area (Å²) in [6.45, 7) is 2.15. The van der Waals surface area contributed by atoms with Gasteiger partial charge < -0.3 is 4.57 Å². The quantitative estimate of drug-likeness (QED) is 0.646. The van der Waals surface area contributed by atoms with E-state index in [1.54, 1.807) is 0 Å². The summed E-state index contributed by atoms with van der Waals surface area (Å²) in [5.74, 6) is -1.01. The van der Waals surface area contributed by atoms with Crippen LogP contribution in [0.4, 0.5) is 8.78 Å². The van der Waals surface area contributed by atoms with Gasteiger partial charge in [-0.25, -0.2) is 8.78 Å². The average molecular weight is 257 g/mol. The van der Waals surface area contributed by atoms with Gasteiger partial charge in [0, 0.05) is 16.8 Å². The molecule has 0 saturated heterocycles. The first-order valence-electron chi connectivity index (χ1n) is 6.14. The third-order valence-electron chi connectivity index (χ3n) is 3.40. The second-order valence-electron chi connectivity index (χ2n) is 4.63. The maximum atomic E-state index is 13.7. The summed E-state index contributed by atoms with van der Waals surface area (Å²) in [6.07, 6.45) is 0. The Morgan fingerprint density at radius 3 is 2.37 bits per heavy atom. The van der Waals surface area contributed by atoms with E-state index in [4.69, 9.17) is 0 Å². The molecule has 0 saturated carbocycles. The van der Waals surface area contributed by atoms with E-state index in [0.717, 1.165) is 16.6 Å². The minimum atomic E-state index is -0.503. The first-order chi connectivity index (χ1) is 9.16. The van der Waals surface area contributed by atoms with Crippen LogP contribution in [0.2, 0.25) is 0 Å². The van der Waals surface area contributed by atoms with Crippen molar-refractivity contribution in [1.82, 2.24) is 4.57 Å². The van der Waals surface area contributed by atoms with E-state index in [9.17, 15) is 8.78 Å². The Kier molecular flexibility index (Phi) is 2.82. The van der Waals surface area contributed by atoms with Crippen molar-refractivity contribution in [3.63, 3.8) is 0 Å². The summed E-state index contributed by atoms with van der Waals surface area (Å²) >= 11 is 0. The second kappa shape index (κ2) is 4.50. The van der Waals surface area contributed by atoms with Crippen LogP contribution < -0.4 is 0 Å². The Balaban J connectivity index is 2.13. The summed E-state index contributed by atoms with van der Waals surface area (Å²) < 4.78 is 29.4. The lowest BCUT2D eigenvalue weighted by Gasteiger charge is -2.10. The highest BCUT2D eigenvalue weighted by atomic mass is 19.1. The number of hydrogen-bond donors (Lipinski definition) is 0. The van der Waals surface area contributed by atoms with Crippen LogP contribution in [0.3, 0.4) is 0 Å². The summed E-state index contributed by atoms with van der Waals surface area (Å²) in [5, 5.41) is 1.08. The number of hydrogen-bond acceptors (Lipinski definition) is 0. The molecule has 0 unspecified atom stereocenters. The molecule has 0 aliphatic carbocycles. The molecule has 3 aromatic rings. The zero-order valence-electron chi connectivity index (χ0n) is 10.5.